The van der Waals surface area contributed by atoms with Crippen molar-refractivity contribution in [3.63, 3.8) is 0 Å². The monoisotopic (exact) mass is 275 g/mol. The van der Waals surface area contributed by atoms with Gasteiger partial charge >= 0.3 is 0 Å². The van der Waals surface area contributed by atoms with E-state index in [2.05, 4.69) is 4.72 Å². The van der Waals surface area contributed by atoms with Gasteiger partial charge in [0.05, 0.1) is 11.1 Å². The molecule has 1 saturated carbocycles. The molecular weight excluding hydrogens is 254 g/mol. The van der Waals surface area contributed by atoms with Gasteiger partial charge in [0.25, 0.3) is 0 Å². The molecule has 0 radical (unpaired) electrons. The summed E-state index contributed by atoms with van der Waals surface area (Å²) in [6, 6.07) is -0.199. The molecule has 0 amide bonds. The quantitative estimate of drug-likeness (QED) is 0.503. The minimum atomic E-state index is -3.32. The number of rotatable bonds is 4. The number of nitrogens with one attached hydrogen (secondary N) is 2. The van der Waals surface area contributed by atoms with Gasteiger partial charge in [-0.1, -0.05) is 6.42 Å². The lowest BCUT2D eigenvalue weighted by Crippen LogP contribution is -2.46. The van der Waals surface area contributed by atoms with Gasteiger partial charge in [0.1, 0.15) is 0 Å². The fourth-order valence-corrected chi connectivity index (χ4v) is 4.48. The van der Waals surface area contributed by atoms with Crippen molar-refractivity contribution in [3.05, 3.63) is 0 Å². The van der Waals surface area contributed by atoms with E-state index >= 15 is 0 Å². The van der Waals surface area contributed by atoms with Crippen molar-refractivity contribution in [3.8, 4) is 0 Å². The Bertz CT molecular complexity index is 404. The van der Waals surface area contributed by atoms with Gasteiger partial charge in [-0.15, -0.1) is 0 Å². The first kappa shape index (κ1) is 13.8. The Labute approximate surface area is 108 Å². The highest BCUT2D eigenvalue weighted by atomic mass is 32.2. The summed E-state index contributed by atoms with van der Waals surface area (Å²) in [7, 11) is -3.32. The fraction of sp³-hybridized carbons (Fsp3) is 0.909. The minimum absolute atomic E-state index is 0.0900. The third-order valence-corrected chi connectivity index (χ3v) is 5.82. The molecular formula is C11H21N3O3S. The maximum atomic E-state index is 12.2. The van der Waals surface area contributed by atoms with E-state index in [9.17, 15) is 8.42 Å². The van der Waals surface area contributed by atoms with Gasteiger partial charge in [0.15, 0.2) is 0 Å². The van der Waals surface area contributed by atoms with E-state index in [0.717, 1.165) is 19.3 Å². The Morgan fingerprint density at radius 1 is 1.22 bits per heavy atom. The standard InChI is InChI=1S/C11H21N3O3S/c12-11(13)9-2-1-3-10(9)14-18(15,16)8-4-6-17-7-5-8/h8-10,14H,1-7H2,(H3,12,13). The molecule has 2 aliphatic rings. The fourth-order valence-electron chi connectivity index (χ4n) is 2.77. The predicted molar refractivity (Wildman–Crippen MR) is 68.9 cm³/mol. The van der Waals surface area contributed by atoms with E-state index in [4.69, 9.17) is 15.9 Å². The van der Waals surface area contributed by atoms with Crippen LogP contribution < -0.4 is 10.5 Å². The second-order valence-electron chi connectivity index (χ2n) is 5.07. The Balaban J connectivity index is 2.00. The van der Waals surface area contributed by atoms with Crippen LogP contribution in [0.25, 0.3) is 0 Å². The van der Waals surface area contributed by atoms with Crippen molar-refractivity contribution in [2.75, 3.05) is 13.2 Å². The topological polar surface area (TPSA) is 105 Å². The third kappa shape index (κ3) is 3.02. The first-order valence-electron chi connectivity index (χ1n) is 6.43. The minimum Gasteiger partial charge on any atom is -0.387 e. The smallest absolute Gasteiger partial charge is 0.214 e. The number of nitrogens with two attached hydrogens (primary N) is 1. The van der Waals surface area contributed by atoms with Crippen LogP contribution >= 0.6 is 0 Å². The summed E-state index contributed by atoms with van der Waals surface area (Å²) in [6.45, 7) is 1.01. The van der Waals surface area contributed by atoms with Gasteiger partial charge in [-0.2, -0.15) is 0 Å². The van der Waals surface area contributed by atoms with E-state index in [1.165, 1.54) is 0 Å². The maximum absolute atomic E-state index is 12.2. The zero-order valence-corrected chi connectivity index (χ0v) is 11.2. The lowest BCUT2D eigenvalue weighted by Gasteiger charge is -2.26. The zero-order valence-electron chi connectivity index (χ0n) is 10.4. The summed E-state index contributed by atoms with van der Waals surface area (Å²) >= 11 is 0. The number of hydrogen-bond acceptors (Lipinski definition) is 4. The predicted octanol–water partition coefficient (Wildman–Crippen LogP) is 0.189. The van der Waals surface area contributed by atoms with Crippen molar-refractivity contribution in [2.45, 2.75) is 43.4 Å². The molecule has 1 aliphatic carbocycles. The first-order chi connectivity index (χ1) is 8.50. The normalized spacial score (nSPS) is 30.4. The van der Waals surface area contributed by atoms with Crippen LogP contribution in [0, 0.1) is 11.3 Å². The van der Waals surface area contributed by atoms with E-state index in [-0.39, 0.29) is 23.0 Å². The first-order valence-corrected chi connectivity index (χ1v) is 7.98. The van der Waals surface area contributed by atoms with Crippen LogP contribution in [0.3, 0.4) is 0 Å². The molecule has 2 rings (SSSR count). The van der Waals surface area contributed by atoms with Crippen LogP contribution in [0.1, 0.15) is 32.1 Å². The summed E-state index contributed by atoms with van der Waals surface area (Å²) < 4.78 is 32.4. The van der Waals surface area contributed by atoms with Crippen LogP contribution in [0.4, 0.5) is 0 Å². The van der Waals surface area contributed by atoms with Crippen molar-refractivity contribution >= 4 is 15.9 Å². The van der Waals surface area contributed by atoms with E-state index in [1.807, 2.05) is 0 Å². The number of hydrogen-bond donors (Lipinski definition) is 3. The number of sulfonamides is 1. The lowest BCUT2D eigenvalue weighted by molar-refractivity contribution is 0.0980. The molecule has 2 unspecified atom stereocenters. The Hall–Kier alpha value is -0.660. The van der Waals surface area contributed by atoms with Crippen LogP contribution in [-0.4, -0.2) is 38.8 Å². The molecule has 1 aliphatic heterocycles. The Morgan fingerprint density at radius 3 is 2.50 bits per heavy atom. The molecule has 0 spiro atoms. The summed E-state index contributed by atoms with van der Waals surface area (Å²) in [5.74, 6) is -0.0493. The van der Waals surface area contributed by atoms with Crippen molar-refractivity contribution in [1.82, 2.24) is 4.72 Å². The number of ether oxygens (including phenoxy) is 1. The Morgan fingerprint density at radius 2 is 1.89 bits per heavy atom. The van der Waals surface area contributed by atoms with Gasteiger partial charge in [-0.05, 0) is 25.7 Å². The molecule has 1 heterocycles. The van der Waals surface area contributed by atoms with Crippen molar-refractivity contribution in [2.24, 2.45) is 11.7 Å². The van der Waals surface area contributed by atoms with E-state index in [0.29, 0.717) is 26.1 Å². The molecule has 2 atom stereocenters. The highest BCUT2D eigenvalue weighted by Crippen LogP contribution is 2.27. The van der Waals surface area contributed by atoms with Crippen LogP contribution in [0.5, 0.6) is 0 Å². The molecule has 0 aromatic carbocycles. The maximum Gasteiger partial charge on any atom is 0.214 e. The highest BCUT2D eigenvalue weighted by Gasteiger charge is 2.36. The lowest BCUT2D eigenvalue weighted by atomic mass is 10.0. The van der Waals surface area contributed by atoms with Gasteiger partial charge < -0.3 is 10.5 Å². The summed E-state index contributed by atoms with van der Waals surface area (Å²) in [5.41, 5.74) is 5.51. The summed E-state index contributed by atoms with van der Waals surface area (Å²) in [4.78, 5) is 0. The second kappa shape index (κ2) is 5.54. The van der Waals surface area contributed by atoms with Gasteiger partial charge in [-0.3, -0.25) is 5.41 Å². The molecule has 6 nitrogen and oxygen atoms in total. The van der Waals surface area contributed by atoms with Crippen molar-refractivity contribution < 1.29 is 13.2 Å². The molecule has 0 aromatic rings. The van der Waals surface area contributed by atoms with Crippen LogP contribution in [0.15, 0.2) is 0 Å². The molecule has 18 heavy (non-hydrogen) atoms. The van der Waals surface area contributed by atoms with Crippen molar-refractivity contribution in [1.29, 1.82) is 5.41 Å². The average Bonchev–Trinajstić information content (AvgIpc) is 2.78. The zero-order chi connectivity index (χ0) is 13.2. The van der Waals surface area contributed by atoms with Gasteiger partial charge in [0, 0.05) is 25.2 Å². The highest BCUT2D eigenvalue weighted by molar-refractivity contribution is 7.90. The molecule has 0 bridgehead atoms. The van der Waals surface area contributed by atoms with Gasteiger partial charge in [0.2, 0.25) is 10.0 Å². The largest absolute Gasteiger partial charge is 0.387 e. The summed E-state index contributed by atoms with van der Waals surface area (Å²) in [6.07, 6.45) is 3.59. The number of amidine groups is 1. The molecule has 104 valence electrons. The molecule has 1 saturated heterocycles. The third-order valence-electron chi connectivity index (χ3n) is 3.84. The SMILES string of the molecule is N=C(N)C1CCCC1NS(=O)(=O)C1CCOCC1. The van der Waals surface area contributed by atoms with Gasteiger partial charge in [-0.25, -0.2) is 13.1 Å². The molecule has 0 aromatic heterocycles. The van der Waals surface area contributed by atoms with Crippen LogP contribution in [0.2, 0.25) is 0 Å². The summed E-state index contributed by atoms with van der Waals surface area (Å²) in [5, 5.41) is 7.14. The average molecular weight is 275 g/mol. The van der Waals surface area contributed by atoms with Crippen LogP contribution in [-0.2, 0) is 14.8 Å². The van der Waals surface area contributed by atoms with E-state index in [1.54, 1.807) is 0 Å². The second-order valence-corrected chi connectivity index (χ2v) is 7.07. The van der Waals surface area contributed by atoms with E-state index < -0.39 is 10.0 Å². The Kier molecular flexibility index (Phi) is 4.24. The molecule has 4 N–H and O–H groups in total. The molecule has 7 heteroatoms. The molecule has 2 fully saturated rings.